The zero-order valence-corrected chi connectivity index (χ0v) is 13.1. The van der Waals surface area contributed by atoms with Crippen molar-refractivity contribution in [3.8, 4) is 5.75 Å². The molecule has 0 amide bonds. The molecule has 0 fully saturated rings. The van der Waals surface area contributed by atoms with Gasteiger partial charge in [0.1, 0.15) is 5.75 Å². The van der Waals surface area contributed by atoms with Crippen LogP contribution in [0.3, 0.4) is 0 Å². The van der Waals surface area contributed by atoms with E-state index in [1.165, 1.54) is 11.1 Å². The van der Waals surface area contributed by atoms with Gasteiger partial charge in [0.05, 0.1) is 12.6 Å². The highest BCUT2D eigenvalue weighted by atomic mass is 16.5. The van der Waals surface area contributed by atoms with E-state index in [0.29, 0.717) is 6.61 Å². The topological polar surface area (TPSA) is 34.1 Å². The first-order valence-electron chi connectivity index (χ1n) is 7.63. The molecule has 3 heteroatoms. The van der Waals surface area contributed by atoms with Crippen molar-refractivity contribution in [1.29, 1.82) is 0 Å². The number of nitrogens with one attached hydrogen (secondary N) is 1. The smallest absolute Gasteiger partial charge is 0.119 e. The number of benzene rings is 1. The van der Waals surface area contributed by atoms with Gasteiger partial charge in [-0.2, -0.15) is 0 Å². The predicted molar refractivity (Wildman–Crippen MR) is 86.7 cm³/mol. The van der Waals surface area contributed by atoms with Crippen LogP contribution in [0.25, 0.3) is 0 Å². The summed E-state index contributed by atoms with van der Waals surface area (Å²) in [5, 5.41) is 3.61. The second-order valence-corrected chi connectivity index (χ2v) is 5.12. The molecule has 1 aromatic heterocycles. The van der Waals surface area contributed by atoms with E-state index in [0.717, 1.165) is 24.4 Å². The molecule has 1 aromatic carbocycles. The molecule has 112 valence electrons. The minimum Gasteiger partial charge on any atom is -0.494 e. The zero-order valence-electron chi connectivity index (χ0n) is 13.1. The Morgan fingerprint density at radius 3 is 2.48 bits per heavy atom. The van der Waals surface area contributed by atoms with Crippen molar-refractivity contribution in [2.24, 2.45) is 0 Å². The van der Waals surface area contributed by atoms with Crippen molar-refractivity contribution in [1.82, 2.24) is 10.3 Å². The van der Waals surface area contributed by atoms with Gasteiger partial charge in [-0.15, -0.1) is 0 Å². The summed E-state index contributed by atoms with van der Waals surface area (Å²) in [7, 11) is 0. The molecule has 0 aliphatic carbocycles. The molecule has 0 saturated heterocycles. The van der Waals surface area contributed by atoms with E-state index in [4.69, 9.17) is 4.74 Å². The quantitative estimate of drug-likeness (QED) is 0.838. The summed E-state index contributed by atoms with van der Waals surface area (Å²) in [6.07, 6.45) is 2.98. The van der Waals surface area contributed by atoms with Crippen molar-refractivity contribution in [2.75, 3.05) is 13.2 Å². The van der Waals surface area contributed by atoms with Crippen LogP contribution in [-0.2, 0) is 0 Å². The van der Waals surface area contributed by atoms with Gasteiger partial charge in [-0.1, -0.05) is 19.1 Å². The average Bonchev–Trinajstić information content (AvgIpc) is 2.50. The monoisotopic (exact) mass is 284 g/mol. The number of hydrogen-bond donors (Lipinski definition) is 1. The van der Waals surface area contributed by atoms with Crippen LogP contribution in [0.4, 0.5) is 0 Å². The maximum Gasteiger partial charge on any atom is 0.119 e. The molecule has 1 heterocycles. The molecule has 0 spiro atoms. The van der Waals surface area contributed by atoms with Crippen molar-refractivity contribution >= 4 is 0 Å². The summed E-state index contributed by atoms with van der Waals surface area (Å²) in [6.45, 7) is 7.89. The molecule has 0 aliphatic rings. The molecule has 3 nitrogen and oxygen atoms in total. The van der Waals surface area contributed by atoms with E-state index in [-0.39, 0.29) is 6.04 Å². The van der Waals surface area contributed by atoms with Crippen molar-refractivity contribution in [2.45, 2.75) is 33.2 Å². The van der Waals surface area contributed by atoms with Crippen molar-refractivity contribution in [3.05, 3.63) is 59.4 Å². The molecule has 21 heavy (non-hydrogen) atoms. The summed E-state index contributed by atoms with van der Waals surface area (Å²) in [4.78, 5) is 4.29. The van der Waals surface area contributed by atoms with Crippen LogP contribution in [0.2, 0.25) is 0 Å². The van der Waals surface area contributed by atoms with Gasteiger partial charge in [0, 0.05) is 11.9 Å². The Hall–Kier alpha value is -1.87. The SMILES string of the molecule is CCCNC(c1ccc(OCC)cc1)c1ccnc(C)c1. The highest BCUT2D eigenvalue weighted by Gasteiger charge is 2.13. The Morgan fingerprint density at radius 2 is 1.86 bits per heavy atom. The number of rotatable bonds is 7. The minimum atomic E-state index is 0.197. The normalized spacial score (nSPS) is 12.1. The van der Waals surface area contributed by atoms with Gasteiger partial charge in [0.25, 0.3) is 0 Å². The van der Waals surface area contributed by atoms with Crippen molar-refractivity contribution in [3.63, 3.8) is 0 Å². The summed E-state index contributed by atoms with van der Waals surface area (Å²) in [5.41, 5.74) is 3.54. The van der Waals surface area contributed by atoms with Gasteiger partial charge in [-0.05, 0) is 62.2 Å². The van der Waals surface area contributed by atoms with Gasteiger partial charge in [0.15, 0.2) is 0 Å². The third-order valence-corrected chi connectivity index (χ3v) is 3.38. The van der Waals surface area contributed by atoms with Gasteiger partial charge >= 0.3 is 0 Å². The first kappa shape index (κ1) is 15.5. The Kier molecular flexibility index (Phi) is 5.76. The van der Waals surface area contributed by atoms with E-state index in [1.807, 2.05) is 32.2 Å². The minimum absolute atomic E-state index is 0.197. The molecule has 1 N–H and O–H groups in total. The van der Waals surface area contributed by atoms with E-state index in [2.05, 4.69) is 41.5 Å². The van der Waals surface area contributed by atoms with Crippen molar-refractivity contribution < 1.29 is 4.74 Å². The Bertz CT molecular complexity index is 551. The second kappa shape index (κ2) is 7.79. The fourth-order valence-electron chi connectivity index (χ4n) is 2.39. The van der Waals surface area contributed by atoms with E-state index >= 15 is 0 Å². The molecule has 2 rings (SSSR count). The number of nitrogens with zero attached hydrogens (tertiary/aromatic N) is 1. The lowest BCUT2D eigenvalue weighted by Gasteiger charge is -2.20. The lowest BCUT2D eigenvalue weighted by molar-refractivity contribution is 0.340. The summed E-state index contributed by atoms with van der Waals surface area (Å²) >= 11 is 0. The molecule has 0 bridgehead atoms. The molecule has 2 aromatic rings. The number of pyridine rings is 1. The number of aromatic nitrogens is 1. The number of ether oxygens (including phenoxy) is 1. The van der Waals surface area contributed by atoms with Crippen LogP contribution in [-0.4, -0.2) is 18.1 Å². The van der Waals surface area contributed by atoms with Gasteiger partial charge in [0.2, 0.25) is 0 Å². The van der Waals surface area contributed by atoms with Gasteiger partial charge in [-0.3, -0.25) is 4.98 Å². The molecule has 1 unspecified atom stereocenters. The molecule has 1 atom stereocenters. The lowest BCUT2D eigenvalue weighted by atomic mass is 9.98. The van der Waals surface area contributed by atoms with Crippen LogP contribution in [0.15, 0.2) is 42.6 Å². The summed E-state index contributed by atoms with van der Waals surface area (Å²) in [5.74, 6) is 0.918. The first-order valence-corrected chi connectivity index (χ1v) is 7.63. The molecule has 0 aliphatic heterocycles. The fraction of sp³-hybridized carbons (Fsp3) is 0.389. The Morgan fingerprint density at radius 1 is 1.10 bits per heavy atom. The number of aryl methyl sites for hydroxylation is 1. The van der Waals surface area contributed by atoms with Gasteiger partial charge in [-0.25, -0.2) is 0 Å². The Balaban J connectivity index is 2.26. The molecular weight excluding hydrogens is 260 g/mol. The predicted octanol–water partition coefficient (Wildman–Crippen LogP) is 3.88. The van der Waals surface area contributed by atoms with Crippen LogP contribution in [0, 0.1) is 6.92 Å². The third kappa shape index (κ3) is 4.30. The highest BCUT2D eigenvalue weighted by molar-refractivity contribution is 5.35. The first-order chi connectivity index (χ1) is 10.2. The standard InChI is InChI=1S/C18H24N2O/c1-4-11-20-18(16-10-12-19-14(3)13-16)15-6-8-17(9-7-15)21-5-2/h6-10,12-13,18,20H,4-5,11H2,1-3H3. The van der Waals surface area contributed by atoms with E-state index < -0.39 is 0 Å². The van der Waals surface area contributed by atoms with Crippen LogP contribution in [0.1, 0.15) is 43.1 Å². The van der Waals surface area contributed by atoms with Crippen LogP contribution >= 0.6 is 0 Å². The third-order valence-electron chi connectivity index (χ3n) is 3.38. The number of hydrogen-bond acceptors (Lipinski definition) is 3. The highest BCUT2D eigenvalue weighted by Crippen LogP contribution is 2.24. The maximum atomic E-state index is 5.52. The molecular formula is C18H24N2O. The van der Waals surface area contributed by atoms with Gasteiger partial charge < -0.3 is 10.1 Å². The maximum absolute atomic E-state index is 5.52. The molecule has 0 saturated carbocycles. The zero-order chi connectivity index (χ0) is 15.1. The lowest BCUT2D eigenvalue weighted by Crippen LogP contribution is -2.23. The van der Waals surface area contributed by atoms with Crippen LogP contribution < -0.4 is 10.1 Å². The largest absolute Gasteiger partial charge is 0.494 e. The summed E-state index contributed by atoms with van der Waals surface area (Å²) < 4.78 is 5.52. The summed E-state index contributed by atoms with van der Waals surface area (Å²) in [6, 6.07) is 12.8. The average molecular weight is 284 g/mol. The van der Waals surface area contributed by atoms with Crippen LogP contribution in [0.5, 0.6) is 5.75 Å². The molecule has 0 radical (unpaired) electrons. The fourth-order valence-corrected chi connectivity index (χ4v) is 2.39. The second-order valence-electron chi connectivity index (χ2n) is 5.12. The van der Waals surface area contributed by atoms with E-state index in [9.17, 15) is 0 Å². The van der Waals surface area contributed by atoms with E-state index in [1.54, 1.807) is 0 Å². The Labute approximate surface area is 127 Å².